The topological polar surface area (TPSA) is 18.5 Å². The van der Waals surface area contributed by atoms with Crippen molar-refractivity contribution >= 4 is 15.9 Å². The minimum Gasteiger partial charge on any atom is -0.490 e. The molecule has 0 aliphatic rings. The van der Waals surface area contributed by atoms with Crippen LogP contribution in [0.1, 0.15) is 32.6 Å². The first-order valence-corrected chi connectivity index (χ1v) is 6.90. The molecule has 0 fully saturated rings. The molecule has 0 bridgehead atoms. The second-order valence-electron chi connectivity index (χ2n) is 4.05. The Morgan fingerprint density at radius 2 is 1.84 bits per heavy atom. The highest BCUT2D eigenvalue weighted by atomic mass is 79.9. The van der Waals surface area contributed by atoms with E-state index in [9.17, 15) is 13.2 Å². The van der Waals surface area contributed by atoms with Gasteiger partial charge in [0, 0.05) is 4.47 Å². The van der Waals surface area contributed by atoms with Crippen molar-refractivity contribution in [1.82, 2.24) is 0 Å². The molecule has 0 atom stereocenters. The molecule has 0 saturated carbocycles. The van der Waals surface area contributed by atoms with E-state index in [0.29, 0.717) is 11.1 Å². The van der Waals surface area contributed by atoms with Crippen molar-refractivity contribution in [2.24, 2.45) is 0 Å². The van der Waals surface area contributed by atoms with Crippen LogP contribution in [0.3, 0.4) is 0 Å². The van der Waals surface area contributed by atoms with Crippen molar-refractivity contribution in [2.45, 2.75) is 39.0 Å². The summed E-state index contributed by atoms with van der Waals surface area (Å²) < 4.78 is 46.5. The average Bonchev–Trinajstić information content (AvgIpc) is 2.29. The van der Waals surface area contributed by atoms with Crippen molar-refractivity contribution < 1.29 is 22.6 Å². The summed E-state index contributed by atoms with van der Waals surface area (Å²) in [5.41, 5.74) is 0. The summed E-state index contributed by atoms with van der Waals surface area (Å²) in [7, 11) is 0. The summed E-state index contributed by atoms with van der Waals surface area (Å²) in [6.45, 7) is 2.47. The molecule has 0 radical (unpaired) electrons. The number of hydrogen-bond donors (Lipinski definition) is 0. The zero-order valence-electron chi connectivity index (χ0n) is 10.6. The first-order chi connectivity index (χ1) is 8.92. The third-order valence-corrected chi connectivity index (χ3v) is 2.88. The summed E-state index contributed by atoms with van der Waals surface area (Å²) in [6, 6.07) is 4.32. The number of unbranched alkanes of at least 4 members (excludes halogenated alkanes) is 3. The van der Waals surface area contributed by atoms with Crippen LogP contribution in [0.25, 0.3) is 0 Å². The highest BCUT2D eigenvalue weighted by Crippen LogP contribution is 2.34. The smallest absolute Gasteiger partial charge is 0.490 e. The minimum atomic E-state index is -4.72. The lowest BCUT2D eigenvalue weighted by Gasteiger charge is -2.14. The number of halogens is 4. The number of hydrogen-bond acceptors (Lipinski definition) is 2. The van der Waals surface area contributed by atoms with Gasteiger partial charge in [0.15, 0.2) is 11.5 Å². The van der Waals surface area contributed by atoms with Crippen LogP contribution >= 0.6 is 15.9 Å². The van der Waals surface area contributed by atoms with Gasteiger partial charge in [-0.1, -0.05) is 42.1 Å². The average molecular weight is 341 g/mol. The van der Waals surface area contributed by atoms with Crippen LogP contribution in [0.5, 0.6) is 11.5 Å². The van der Waals surface area contributed by atoms with Gasteiger partial charge in [0.05, 0.1) is 6.61 Å². The van der Waals surface area contributed by atoms with Crippen LogP contribution in [-0.2, 0) is 0 Å². The van der Waals surface area contributed by atoms with Gasteiger partial charge in [0.2, 0.25) is 0 Å². The Labute approximate surface area is 119 Å². The van der Waals surface area contributed by atoms with Gasteiger partial charge in [-0.3, -0.25) is 0 Å². The fourth-order valence-electron chi connectivity index (χ4n) is 1.52. The number of alkyl halides is 3. The molecule has 0 aliphatic heterocycles. The molecular formula is C13H16BrF3O2. The maximum Gasteiger partial charge on any atom is 0.573 e. The van der Waals surface area contributed by atoms with E-state index >= 15 is 0 Å². The summed E-state index contributed by atoms with van der Waals surface area (Å²) >= 11 is 3.10. The quantitative estimate of drug-likeness (QED) is 0.626. The molecular weight excluding hydrogens is 325 g/mol. The Bertz CT molecular complexity index is 394. The highest BCUT2D eigenvalue weighted by molar-refractivity contribution is 9.10. The number of ether oxygens (including phenoxy) is 2. The molecule has 0 aromatic heterocycles. The standard InChI is InChI=1S/C13H16BrF3O2/c1-2-3-4-5-8-18-11-7-6-10(14)9-12(11)19-13(15,16)17/h6-7,9H,2-5,8H2,1H3. The molecule has 0 heterocycles. The second kappa shape index (κ2) is 7.62. The first kappa shape index (κ1) is 16.1. The summed E-state index contributed by atoms with van der Waals surface area (Å²) in [6.07, 6.45) is -0.713. The van der Waals surface area contributed by atoms with Crippen molar-refractivity contribution in [3.63, 3.8) is 0 Å². The Hall–Kier alpha value is -0.910. The van der Waals surface area contributed by atoms with Crippen LogP contribution in [0.4, 0.5) is 13.2 Å². The summed E-state index contributed by atoms with van der Waals surface area (Å²) in [5.74, 6) is -0.214. The largest absolute Gasteiger partial charge is 0.573 e. The Morgan fingerprint density at radius 3 is 2.47 bits per heavy atom. The van der Waals surface area contributed by atoms with Crippen molar-refractivity contribution in [2.75, 3.05) is 6.61 Å². The number of benzene rings is 1. The molecule has 0 saturated heterocycles. The second-order valence-corrected chi connectivity index (χ2v) is 4.96. The van der Waals surface area contributed by atoms with E-state index < -0.39 is 6.36 Å². The van der Waals surface area contributed by atoms with Crippen molar-refractivity contribution in [3.05, 3.63) is 22.7 Å². The lowest BCUT2D eigenvalue weighted by atomic mass is 10.2. The lowest BCUT2D eigenvalue weighted by Crippen LogP contribution is -2.17. The lowest BCUT2D eigenvalue weighted by molar-refractivity contribution is -0.275. The van der Waals surface area contributed by atoms with Gasteiger partial charge < -0.3 is 9.47 Å². The van der Waals surface area contributed by atoms with Crippen molar-refractivity contribution in [1.29, 1.82) is 0 Å². The molecule has 108 valence electrons. The van der Waals surface area contributed by atoms with Gasteiger partial charge in [-0.05, 0) is 24.6 Å². The van der Waals surface area contributed by atoms with E-state index in [1.54, 1.807) is 6.07 Å². The number of rotatable bonds is 7. The summed E-state index contributed by atoms with van der Waals surface area (Å²) in [5, 5.41) is 0. The van der Waals surface area contributed by atoms with E-state index in [2.05, 4.69) is 27.6 Å². The molecule has 6 heteroatoms. The van der Waals surface area contributed by atoms with Gasteiger partial charge in [-0.25, -0.2) is 0 Å². The maximum atomic E-state index is 12.2. The van der Waals surface area contributed by atoms with Gasteiger partial charge in [-0.15, -0.1) is 13.2 Å². The Balaban J connectivity index is 2.61. The molecule has 0 unspecified atom stereocenters. The van der Waals surface area contributed by atoms with E-state index in [1.807, 2.05) is 0 Å². The van der Waals surface area contributed by atoms with Gasteiger partial charge in [0.1, 0.15) is 0 Å². The monoisotopic (exact) mass is 340 g/mol. The Morgan fingerprint density at radius 1 is 1.11 bits per heavy atom. The third kappa shape index (κ3) is 6.71. The molecule has 0 spiro atoms. The van der Waals surface area contributed by atoms with Crippen molar-refractivity contribution in [3.8, 4) is 11.5 Å². The molecule has 0 amide bonds. The van der Waals surface area contributed by atoms with Crippen LogP contribution < -0.4 is 9.47 Å². The predicted octanol–water partition coefficient (Wildman–Crippen LogP) is 5.31. The first-order valence-electron chi connectivity index (χ1n) is 6.10. The fourth-order valence-corrected chi connectivity index (χ4v) is 1.86. The van der Waals surface area contributed by atoms with Gasteiger partial charge in [-0.2, -0.15) is 0 Å². The van der Waals surface area contributed by atoms with E-state index in [4.69, 9.17) is 4.74 Å². The normalized spacial score (nSPS) is 11.4. The fraction of sp³-hybridized carbons (Fsp3) is 0.538. The van der Waals surface area contributed by atoms with Gasteiger partial charge in [0.25, 0.3) is 0 Å². The maximum absolute atomic E-state index is 12.2. The van der Waals surface area contributed by atoms with Crippen LogP contribution in [0.2, 0.25) is 0 Å². The molecule has 1 aromatic rings. The zero-order valence-corrected chi connectivity index (χ0v) is 12.2. The molecule has 1 rings (SSSR count). The molecule has 19 heavy (non-hydrogen) atoms. The zero-order chi connectivity index (χ0) is 14.3. The van der Waals surface area contributed by atoms with Gasteiger partial charge >= 0.3 is 6.36 Å². The molecule has 0 N–H and O–H groups in total. The van der Waals surface area contributed by atoms with E-state index in [-0.39, 0.29) is 11.5 Å². The SMILES string of the molecule is CCCCCCOc1ccc(Br)cc1OC(F)(F)F. The van der Waals surface area contributed by atoms with E-state index in [0.717, 1.165) is 25.7 Å². The predicted molar refractivity (Wildman–Crippen MR) is 70.5 cm³/mol. The Kier molecular flexibility index (Phi) is 6.48. The molecule has 1 aromatic carbocycles. The summed E-state index contributed by atoms with van der Waals surface area (Å²) in [4.78, 5) is 0. The van der Waals surface area contributed by atoms with Crippen LogP contribution in [0, 0.1) is 0 Å². The minimum absolute atomic E-state index is 0.108. The third-order valence-electron chi connectivity index (χ3n) is 2.39. The van der Waals surface area contributed by atoms with E-state index in [1.165, 1.54) is 12.1 Å². The van der Waals surface area contributed by atoms with Crippen LogP contribution in [-0.4, -0.2) is 13.0 Å². The van der Waals surface area contributed by atoms with Crippen LogP contribution in [0.15, 0.2) is 22.7 Å². The molecule has 0 aliphatic carbocycles. The molecule has 2 nitrogen and oxygen atoms in total. The highest BCUT2D eigenvalue weighted by Gasteiger charge is 2.32.